The molecule has 1 aromatic carbocycles. The molecular formula is C19H21N3O3S2. The molecule has 27 heavy (non-hydrogen) atoms. The number of sulfonamides is 1. The van der Waals surface area contributed by atoms with E-state index in [-0.39, 0.29) is 16.2 Å². The fourth-order valence-electron chi connectivity index (χ4n) is 3.75. The molecule has 8 heteroatoms. The summed E-state index contributed by atoms with van der Waals surface area (Å²) in [4.78, 5) is 4.59. The molecule has 142 valence electrons. The molecule has 2 aromatic heterocycles. The first-order valence-corrected chi connectivity index (χ1v) is 10.9. The first-order valence-electron chi connectivity index (χ1n) is 8.89. The lowest BCUT2D eigenvalue weighted by Crippen LogP contribution is -2.37. The molecule has 1 fully saturated rings. The van der Waals surface area contributed by atoms with E-state index < -0.39 is 10.0 Å². The second kappa shape index (κ2) is 6.92. The van der Waals surface area contributed by atoms with Crippen LogP contribution in [0.1, 0.15) is 30.7 Å². The number of benzene rings is 1. The zero-order chi connectivity index (χ0) is 19.2. The number of nitrogens with zero attached hydrogens (tertiary/aromatic N) is 2. The Kier molecular flexibility index (Phi) is 4.73. The normalized spacial score (nSPS) is 20.4. The largest absolute Gasteiger partial charge is 0.361 e. The van der Waals surface area contributed by atoms with Gasteiger partial charge >= 0.3 is 0 Å². The predicted octanol–water partition coefficient (Wildman–Crippen LogP) is 3.64. The summed E-state index contributed by atoms with van der Waals surface area (Å²) in [5.41, 5.74) is 2.85. The Labute approximate surface area is 163 Å². The maximum Gasteiger partial charge on any atom is 0.241 e. The van der Waals surface area contributed by atoms with Crippen molar-refractivity contribution in [1.29, 1.82) is 0 Å². The summed E-state index contributed by atoms with van der Waals surface area (Å²) < 4.78 is 34.6. The summed E-state index contributed by atoms with van der Waals surface area (Å²) in [5, 5.41) is 4.62. The molecule has 0 bridgehead atoms. The van der Waals surface area contributed by atoms with E-state index in [4.69, 9.17) is 4.52 Å². The van der Waals surface area contributed by atoms with Crippen LogP contribution in [-0.2, 0) is 10.0 Å². The van der Waals surface area contributed by atoms with Crippen molar-refractivity contribution in [2.24, 2.45) is 0 Å². The molecule has 0 amide bonds. The van der Waals surface area contributed by atoms with Crippen molar-refractivity contribution < 1.29 is 12.9 Å². The van der Waals surface area contributed by atoms with Crippen molar-refractivity contribution in [3.05, 3.63) is 41.9 Å². The quantitative estimate of drug-likeness (QED) is 0.650. The summed E-state index contributed by atoms with van der Waals surface area (Å²) in [5.74, 6) is 0.644. The second-order valence-electron chi connectivity index (χ2n) is 6.97. The van der Waals surface area contributed by atoms with Crippen LogP contribution in [-0.4, -0.2) is 29.9 Å². The molecule has 1 N–H and O–H groups in total. The van der Waals surface area contributed by atoms with Crippen molar-refractivity contribution in [2.45, 2.75) is 49.3 Å². The lowest BCUT2D eigenvalue weighted by molar-refractivity contribution is 0.393. The molecule has 1 aliphatic rings. The Morgan fingerprint density at radius 2 is 2.07 bits per heavy atom. The monoisotopic (exact) mass is 403 g/mol. The number of pyridine rings is 1. The van der Waals surface area contributed by atoms with Gasteiger partial charge in [0.05, 0.1) is 16.1 Å². The van der Waals surface area contributed by atoms with Crippen LogP contribution in [0.15, 0.2) is 39.9 Å². The number of aromatic nitrogens is 2. The maximum absolute atomic E-state index is 13.2. The van der Waals surface area contributed by atoms with Crippen LogP contribution in [0.5, 0.6) is 0 Å². The lowest BCUT2D eigenvalue weighted by Gasteiger charge is -2.18. The van der Waals surface area contributed by atoms with E-state index in [1.807, 2.05) is 19.9 Å². The molecule has 4 rings (SSSR count). The third-order valence-electron chi connectivity index (χ3n) is 5.08. The highest BCUT2D eigenvalue weighted by molar-refractivity contribution is 7.89. The summed E-state index contributed by atoms with van der Waals surface area (Å²) >= 11 is 4.52. The molecule has 0 spiro atoms. The number of fused-ring (bicyclic) bond motifs is 1. The molecule has 6 nitrogen and oxygen atoms in total. The van der Waals surface area contributed by atoms with Gasteiger partial charge < -0.3 is 4.52 Å². The Morgan fingerprint density at radius 1 is 1.26 bits per heavy atom. The van der Waals surface area contributed by atoms with E-state index in [0.29, 0.717) is 22.4 Å². The van der Waals surface area contributed by atoms with E-state index in [0.717, 1.165) is 30.4 Å². The molecule has 2 atom stereocenters. The lowest BCUT2D eigenvalue weighted by atomic mass is 10.0. The molecule has 0 saturated heterocycles. The van der Waals surface area contributed by atoms with Crippen molar-refractivity contribution in [1.82, 2.24) is 14.9 Å². The number of rotatable bonds is 4. The van der Waals surface area contributed by atoms with Crippen LogP contribution in [0.25, 0.3) is 22.0 Å². The van der Waals surface area contributed by atoms with Gasteiger partial charge in [-0.1, -0.05) is 11.6 Å². The minimum atomic E-state index is -3.73. The highest BCUT2D eigenvalue weighted by atomic mass is 32.2. The van der Waals surface area contributed by atoms with E-state index in [2.05, 4.69) is 27.5 Å². The highest BCUT2D eigenvalue weighted by Crippen LogP contribution is 2.34. The number of nitrogens with one attached hydrogen (secondary N) is 1. The van der Waals surface area contributed by atoms with Gasteiger partial charge in [0, 0.05) is 28.4 Å². The Hall–Kier alpha value is -1.90. The molecule has 1 unspecified atom stereocenters. The van der Waals surface area contributed by atoms with E-state index in [9.17, 15) is 8.42 Å². The molecule has 3 aromatic rings. The van der Waals surface area contributed by atoms with Crippen molar-refractivity contribution in [3.8, 4) is 11.1 Å². The number of hydrogen-bond donors (Lipinski definition) is 2. The molecule has 0 aliphatic heterocycles. The third kappa shape index (κ3) is 3.37. The van der Waals surface area contributed by atoms with Crippen LogP contribution < -0.4 is 4.72 Å². The van der Waals surface area contributed by atoms with Gasteiger partial charge in [0.2, 0.25) is 10.0 Å². The number of aryl methyl sites for hydroxylation is 2. The molecule has 0 radical (unpaired) electrons. The van der Waals surface area contributed by atoms with Crippen molar-refractivity contribution in [3.63, 3.8) is 0 Å². The van der Waals surface area contributed by atoms with Gasteiger partial charge in [0.1, 0.15) is 5.76 Å². The van der Waals surface area contributed by atoms with E-state index >= 15 is 0 Å². The topological polar surface area (TPSA) is 85.1 Å². The summed E-state index contributed by atoms with van der Waals surface area (Å²) in [6, 6.07) is 6.92. The molecular weight excluding hydrogens is 382 g/mol. The van der Waals surface area contributed by atoms with Gasteiger partial charge in [-0.3, -0.25) is 4.98 Å². The average molecular weight is 404 g/mol. The van der Waals surface area contributed by atoms with Gasteiger partial charge in [-0.05, 0) is 56.5 Å². The first kappa shape index (κ1) is 18.5. The van der Waals surface area contributed by atoms with Gasteiger partial charge in [0.25, 0.3) is 0 Å². The highest BCUT2D eigenvalue weighted by Gasteiger charge is 2.30. The number of thiol groups is 1. The van der Waals surface area contributed by atoms with Crippen LogP contribution in [0.2, 0.25) is 0 Å². The Bertz CT molecular complexity index is 1090. The SMILES string of the molecule is Cc1noc(C)c1-c1cc(S(=O)(=O)N[C@H]2CCCC2S)c2cccnc2c1. The van der Waals surface area contributed by atoms with Gasteiger partial charge in [-0.2, -0.15) is 12.6 Å². The molecule has 1 aliphatic carbocycles. The minimum Gasteiger partial charge on any atom is -0.361 e. The second-order valence-corrected chi connectivity index (χ2v) is 9.32. The van der Waals surface area contributed by atoms with Gasteiger partial charge in [-0.25, -0.2) is 13.1 Å². The van der Waals surface area contributed by atoms with Crippen molar-refractivity contribution in [2.75, 3.05) is 0 Å². The summed E-state index contributed by atoms with van der Waals surface area (Å²) in [6.07, 6.45) is 4.34. The smallest absolute Gasteiger partial charge is 0.241 e. The van der Waals surface area contributed by atoms with E-state index in [1.165, 1.54) is 0 Å². The third-order valence-corrected chi connectivity index (χ3v) is 7.23. The summed E-state index contributed by atoms with van der Waals surface area (Å²) in [6.45, 7) is 3.65. The fraction of sp³-hybridized carbons (Fsp3) is 0.368. The standard InChI is InChI=1S/C19H21N3O3S2/c1-11-19(12(2)25-21-11)13-9-16-14(5-4-8-20-16)18(10-13)27(23,24)22-15-6-3-7-17(15)26/h4-5,8-10,15,17,22,26H,3,6-7H2,1-2H3/t15-,17?/m0/s1. The first-order chi connectivity index (χ1) is 12.9. The van der Waals surface area contributed by atoms with Crippen LogP contribution in [0, 0.1) is 13.8 Å². The van der Waals surface area contributed by atoms with Gasteiger partial charge in [-0.15, -0.1) is 0 Å². The van der Waals surface area contributed by atoms with Crippen LogP contribution in [0.4, 0.5) is 0 Å². The molecule has 1 saturated carbocycles. The minimum absolute atomic E-state index is 0.0370. The average Bonchev–Trinajstić information content (AvgIpc) is 3.18. The zero-order valence-electron chi connectivity index (χ0n) is 15.1. The molecule has 2 heterocycles. The maximum atomic E-state index is 13.2. The van der Waals surface area contributed by atoms with Crippen LogP contribution in [0.3, 0.4) is 0 Å². The Morgan fingerprint density at radius 3 is 2.74 bits per heavy atom. The Balaban J connectivity index is 1.89. The fourth-order valence-corrected chi connectivity index (χ4v) is 5.81. The van der Waals surface area contributed by atoms with E-state index in [1.54, 1.807) is 24.4 Å². The number of hydrogen-bond acceptors (Lipinski definition) is 6. The predicted molar refractivity (Wildman–Crippen MR) is 107 cm³/mol. The van der Waals surface area contributed by atoms with Crippen molar-refractivity contribution >= 4 is 33.6 Å². The summed E-state index contributed by atoms with van der Waals surface area (Å²) in [7, 11) is -3.73. The van der Waals surface area contributed by atoms with Crippen LogP contribution >= 0.6 is 12.6 Å². The van der Waals surface area contributed by atoms with Gasteiger partial charge in [0.15, 0.2) is 0 Å². The zero-order valence-corrected chi connectivity index (χ0v) is 16.8.